The maximum atomic E-state index is 11.7. The van der Waals surface area contributed by atoms with E-state index in [1.54, 1.807) is 17.0 Å². The minimum atomic E-state index is -0.0647. The number of nitrogens with zero attached hydrogens (tertiary/aromatic N) is 3. The zero-order valence-corrected chi connectivity index (χ0v) is 10.6. The van der Waals surface area contributed by atoms with Gasteiger partial charge in [-0.1, -0.05) is 11.2 Å². The van der Waals surface area contributed by atoms with Crippen molar-refractivity contribution in [1.82, 2.24) is 14.9 Å². The molecule has 0 unspecified atom stereocenters. The molecule has 0 aliphatic carbocycles. The van der Waals surface area contributed by atoms with E-state index < -0.39 is 0 Å². The van der Waals surface area contributed by atoms with Crippen LogP contribution in [-0.4, -0.2) is 20.8 Å². The standard InChI is InChI=1S/C13H14N4O2/c1-3-4-17-7-9(6-14-17)10-5-11(18)15-13-12(10)8(2)16-19-13/h3,6-7,10H,1,4-5H2,2H3,(H,15,18)/t10-/m0/s1. The second-order valence-corrected chi connectivity index (χ2v) is 4.60. The molecule has 0 saturated carbocycles. The summed E-state index contributed by atoms with van der Waals surface area (Å²) in [7, 11) is 0. The lowest BCUT2D eigenvalue weighted by molar-refractivity contribution is -0.116. The van der Waals surface area contributed by atoms with Gasteiger partial charge in [0.1, 0.15) is 0 Å². The van der Waals surface area contributed by atoms with E-state index in [2.05, 4.69) is 22.2 Å². The average molecular weight is 258 g/mol. The highest BCUT2D eigenvalue weighted by Crippen LogP contribution is 2.38. The average Bonchev–Trinajstić information content (AvgIpc) is 2.97. The third-order valence-corrected chi connectivity index (χ3v) is 3.27. The van der Waals surface area contributed by atoms with Gasteiger partial charge >= 0.3 is 0 Å². The number of rotatable bonds is 3. The molecular weight excluding hydrogens is 244 g/mol. The molecule has 1 amide bonds. The van der Waals surface area contributed by atoms with Gasteiger partial charge in [0.05, 0.1) is 18.4 Å². The van der Waals surface area contributed by atoms with Crippen molar-refractivity contribution in [3.05, 3.63) is 41.9 Å². The number of carbonyl (C=O) groups excluding carboxylic acids is 1. The van der Waals surface area contributed by atoms with E-state index in [0.29, 0.717) is 18.8 Å². The van der Waals surface area contributed by atoms with E-state index in [1.165, 1.54) is 0 Å². The van der Waals surface area contributed by atoms with E-state index in [9.17, 15) is 4.79 Å². The zero-order chi connectivity index (χ0) is 13.4. The summed E-state index contributed by atoms with van der Waals surface area (Å²) >= 11 is 0. The van der Waals surface area contributed by atoms with Crippen LogP contribution in [0.2, 0.25) is 0 Å². The number of anilines is 1. The number of hydrogen-bond acceptors (Lipinski definition) is 4. The number of amides is 1. The number of allylic oxidation sites excluding steroid dienone is 1. The molecule has 6 nitrogen and oxygen atoms in total. The van der Waals surface area contributed by atoms with E-state index in [4.69, 9.17) is 4.52 Å². The Morgan fingerprint density at radius 3 is 3.32 bits per heavy atom. The number of hydrogen-bond donors (Lipinski definition) is 1. The first kappa shape index (κ1) is 11.7. The zero-order valence-electron chi connectivity index (χ0n) is 10.6. The first-order valence-electron chi connectivity index (χ1n) is 6.08. The number of aryl methyl sites for hydroxylation is 1. The Kier molecular flexibility index (Phi) is 2.70. The van der Waals surface area contributed by atoms with Crippen LogP contribution in [0.1, 0.15) is 29.2 Å². The van der Waals surface area contributed by atoms with E-state index >= 15 is 0 Å². The van der Waals surface area contributed by atoms with Crippen molar-refractivity contribution in [1.29, 1.82) is 0 Å². The predicted octanol–water partition coefficient (Wildman–Crippen LogP) is 1.84. The molecule has 98 valence electrons. The largest absolute Gasteiger partial charge is 0.338 e. The Morgan fingerprint density at radius 2 is 2.53 bits per heavy atom. The lowest BCUT2D eigenvalue weighted by Gasteiger charge is -2.20. The maximum absolute atomic E-state index is 11.7. The fourth-order valence-electron chi connectivity index (χ4n) is 2.42. The number of fused-ring (bicyclic) bond motifs is 1. The van der Waals surface area contributed by atoms with Gasteiger partial charge in [0.25, 0.3) is 0 Å². The summed E-state index contributed by atoms with van der Waals surface area (Å²) in [4.78, 5) is 11.7. The van der Waals surface area contributed by atoms with Crippen LogP contribution in [0.4, 0.5) is 5.88 Å². The van der Waals surface area contributed by atoms with Gasteiger partial charge in [-0.3, -0.25) is 14.8 Å². The van der Waals surface area contributed by atoms with E-state index in [1.807, 2.05) is 13.1 Å². The first-order valence-corrected chi connectivity index (χ1v) is 6.08. The SMILES string of the molecule is C=CCn1cc([C@@H]2CC(=O)Nc3onc(C)c32)cn1. The van der Waals surface area contributed by atoms with Crippen molar-refractivity contribution in [2.24, 2.45) is 0 Å². The van der Waals surface area contributed by atoms with Crippen molar-refractivity contribution in [2.45, 2.75) is 25.8 Å². The van der Waals surface area contributed by atoms with Crippen LogP contribution in [0.25, 0.3) is 0 Å². The molecule has 0 bridgehead atoms. The molecule has 1 aliphatic rings. The molecule has 1 N–H and O–H groups in total. The summed E-state index contributed by atoms with van der Waals surface area (Å²) in [5.74, 6) is 0.342. The molecule has 3 heterocycles. The van der Waals surface area contributed by atoms with Crippen LogP contribution < -0.4 is 5.32 Å². The lowest BCUT2D eigenvalue weighted by Crippen LogP contribution is -2.22. The number of carbonyl (C=O) groups is 1. The summed E-state index contributed by atoms with van der Waals surface area (Å²) < 4.78 is 6.93. The van der Waals surface area contributed by atoms with Gasteiger partial charge in [-0.15, -0.1) is 6.58 Å². The number of nitrogens with one attached hydrogen (secondary N) is 1. The molecule has 1 aliphatic heterocycles. The van der Waals surface area contributed by atoms with Gasteiger partial charge in [-0.05, 0) is 12.5 Å². The molecule has 3 rings (SSSR count). The van der Waals surface area contributed by atoms with Gasteiger partial charge in [-0.2, -0.15) is 5.10 Å². The minimum absolute atomic E-state index is 0.0476. The smallest absolute Gasteiger partial charge is 0.235 e. The molecule has 0 saturated heterocycles. The first-order chi connectivity index (χ1) is 9.19. The molecule has 1 atom stereocenters. The monoisotopic (exact) mass is 258 g/mol. The third-order valence-electron chi connectivity index (χ3n) is 3.27. The highest BCUT2D eigenvalue weighted by atomic mass is 16.5. The van der Waals surface area contributed by atoms with E-state index in [0.717, 1.165) is 16.8 Å². The van der Waals surface area contributed by atoms with E-state index in [-0.39, 0.29) is 11.8 Å². The highest BCUT2D eigenvalue weighted by Gasteiger charge is 2.32. The summed E-state index contributed by atoms with van der Waals surface area (Å²) in [5.41, 5.74) is 2.73. The molecular formula is C13H14N4O2. The van der Waals surface area contributed by atoms with Crippen LogP contribution in [0, 0.1) is 6.92 Å². The Morgan fingerprint density at radius 1 is 1.68 bits per heavy atom. The fraction of sp³-hybridized carbons (Fsp3) is 0.308. The second-order valence-electron chi connectivity index (χ2n) is 4.60. The predicted molar refractivity (Wildman–Crippen MR) is 68.8 cm³/mol. The normalized spacial score (nSPS) is 17.9. The Hall–Kier alpha value is -2.37. The Bertz CT molecular complexity index is 641. The van der Waals surface area contributed by atoms with Crippen molar-refractivity contribution in [2.75, 3.05) is 5.32 Å². The summed E-state index contributed by atoms with van der Waals surface area (Å²) in [5, 5.41) is 10.9. The molecule has 2 aromatic heterocycles. The topological polar surface area (TPSA) is 73.0 Å². The van der Waals surface area contributed by atoms with Gasteiger partial charge in [-0.25, -0.2) is 0 Å². The molecule has 0 aromatic carbocycles. The van der Waals surface area contributed by atoms with Crippen LogP contribution in [-0.2, 0) is 11.3 Å². The Balaban J connectivity index is 2.01. The van der Waals surface area contributed by atoms with Crippen molar-refractivity contribution >= 4 is 11.8 Å². The molecule has 0 fully saturated rings. The molecule has 0 spiro atoms. The molecule has 0 radical (unpaired) electrons. The second kappa shape index (κ2) is 4.38. The molecule has 19 heavy (non-hydrogen) atoms. The van der Waals surface area contributed by atoms with Crippen LogP contribution in [0.5, 0.6) is 0 Å². The number of aromatic nitrogens is 3. The van der Waals surface area contributed by atoms with Gasteiger partial charge in [0, 0.05) is 24.1 Å². The van der Waals surface area contributed by atoms with Gasteiger partial charge in [0.2, 0.25) is 11.8 Å². The van der Waals surface area contributed by atoms with Gasteiger partial charge < -0.3 is 4.52 Å². The molecule has 6 heteroatoms. The van der Waals surface area contributed by atoms with Gasteiger partial charge in [0.15, 0.2) is 0 Å². The summed E-state index contributed by atoms with van der Waals surface area (Å²) in [6.45, 7) is 6.20. The van der Waals surface area contributed by atoms with Crippen LogP contribution >= 0.6 is 0 Å². The third kappa shape index (κ3) is 1.95. The van der Waals surface area contributed by atoms with Crippen molar-refractivity contribution in [3.8, 4) is 0 Å². The fourth-order valence-corrected chi connectivity index (χ4v) is 2.42. The van der Waals surface area contributed by atoms with Crippen molar-refractivity contribution in [3.63, 3.8) is 0 Å². The molecule has 2 aromatic rings. The Labute approximate surface area is 110 Å². The lowest BCUT2D eigenvalue weighted by atomic mass is 9.88. The summed E-state index contributed by atoms with van der Waals surface area (Å²) in [6.07, 6.45) is 5.87. The minimum Gasteiger partial charge on any atom is -0.338 e. The van der Waals surface area contributed by atoms with Crippen LogP contribution in [0.3, 0.4) is 0 Å². The summed E-state index contributed by atoms with van der Waals surface area (Å²) in [6, 6.07) is 0. The van der Waals surface area contributed by atoms with Crippen LogP contribution in [0.15, 0.2) is 29.6 Å². The maximum Gasteiger partial charge on any atom is 0.235 e. The highest BCUT2D eigenvalue weighted by molar-refractivity contribution is 5.93. The van der Waals surface area contributed by atoms with Crippen molar-refractivity contribution < 1.29 is 9.32 Å². The quantitative estimate of drug-likeness (QED) is 0.852.